The van der Waals surface area contributed by atoms with Gasteiger partial charge in [-0.2, -0.15) is 0 Å². The Kier molecular flexibility index (Phi) is 3.80. The Bertz CT molecular complexity index is 582. The predicted octanol–water partition coefficient (Wildman–Crippen LogP) is 2.37. The van der Waals surface area contributed by atoms with Crippen molar-refractivity contribution >= 4 is 5.91 Å². The number of aryl methyl sites for hydroxylation is 1. The van der Waals surface area contributed by atoms with Crippen LogP contribution in [0, 0.1) is 6.92 Å². The summed E-state index contributed by atoms with van der Waals surface area (Å²) in [5.74, 6) is -0.196. The van der Waals surface area contributed by atoms with Gasteiger partial charge in [0.15, 0.2) is 0 Å². The van der Waals surface area contributed by atoms with Gasteiger partial charge < -0.3 is 10.0 Å². The van der Waals surface area contributed by atoms with Crippen LogP contribution < -0.4 is 0 Å². The predicted molar refractivity (Wildman–Crippen MR) is 72.9 cm³/mol. The zero-order valence-corrected chi connectivity index (χ0v) is 11.0. The number of nitrogens with zero attached hydrogens (tertiary/aromatic N) is 2. The lowest BCUT2D eigenvalue weighted by atomic mass is 10.1. The topological polar surface area (TPSA) is 53.4 Å². The number of aromatic nitrogens is 1. The first-order chi connectivity index (χ1) is 9.08. The molecule has 0 fully saturated rings. The van der Waals surface area contributed by atoms with Crippen LogP contribution in [-0.2, 0) is 6.54 Å². The molecule has 4 heteroatoms. The number of carbonyl (C=O) groups excluding carboxylic acids is 1. The number of amides is 1. The van der Waals surface area contributed by atoms with Crippen LogP contribution in [-0.4, -0.2) is 27.9 Å². The fraction of sp³-hybridized carbons (Fsp3) is 0.200. The van der Waals surface area contributed by atoms with Gasteiger partial charge in [0, 0.05) is 26.0 Å². The van der Waals surface area contributed by atoms with Crippen molar-refractivity contribution < 1.29 is 9.90 Å². The maximum absolute atomic E-state index is 12.3. The van der Waals surface area contributed by atoms with Crippen LogP contribution in [0.3, 0.4) is 0 Å². The van der Waals surface area contributed by atoms with Crippen molar-refractivity contribution in [1.82, 2.24) is 9.88 Å². The normalized spacial score (nSPS) is 10.2. The highest BCUT2D eigenvalue weighted by atomic mass is 16.3. The minimum atomic E-state index is -0.204. The van der Waals surface area contributed by atoms with E-state index in [2.05, 4.69) is 4.98 Å². The van der Waals surface area contributed by atoms with E-state index in [9.17, 15) is 9.90 Å². The van der Waals surface area contributed by atoms with Crippen molar-refractivity contribution in [2.75, 3.05) is 7.05 Å². The molecule has 19 heavy (non-hydrogen) atoms. The smallest absolute Gasteiger partial charge is 0.257 e. The fourth-order valence-electron chi connectivity index (χ4n) is 1.86. The number of phenolic OH excluding ortho intramolecular Hbond substituents is 1. The third kappa shape index (κ3) is 3.10. The van der Waals surface area contributed by atoms with Crippen LogP contribution in [0.2, 0.25) is 0 Å². The molecule has 2 aromatic rings. The SMILES string of the molecule is Cc1ccc(O)c(C(=O)N(C)Cc2cccnc2)c1. The average Bonchev–Trinajstić information content (AvgIpc) is 2.42. The number of hydrogen-bond acceptors (Lipinski definition) is 3. The summed E-state index contributed by atoms with van der Waals surface area (Å²) in [5.41, 5.74) is 2.22. The maximum atomic E-state index is 12.3. The minimum Gasteiger partial charge on any atom is -0.507 e. The van der Waals surface area contributed by atoms with Crippen LogP contribution in [0.15, 0.2) is 42.7 Å². The molecular formula is C15H16N2O2. The number of rotatable bonds is 3. The molecule has 1 aromatic carbocycles. The van der Waals surface area contributed by atoms with Gasteiger partial charge in [-0.05, 0) is 30.7 Å². The van der Waals surface area contributed by atoms with E-state index < -0.39 is 0 Å². The minimum absolute atomic E-state index is 0.00800. The molecule has 0 radical (unpaired) electrons. The van der Waals surface area contributed by atoms with Crippen molar-refractivity contribution in [2.45, 2.75) is 13.5 Å². The molecule has 0 bridgehead atoms. The molecule has 4 nitrogen and oxygen atoms in total. The highest BCUT2D eigenvalue weighted by Gasteiger charge is 2.16. The van der Waals surface area contributed by atoms with Gasteiger partial charge >= 0.3 is 0 Å². The third-order valence-corrected chi connectivity index (χ3v) is 2.87. The van der Waals surface area contributed by atoms with Gasteiger partial charge in [0.05, 0.1) is 5.56 Å². The average molecular weight is 256 g/mol. The largest absolute Gasteiger partial charge is 0.507 e. The molecule has 1 N–H and O–H groups in total. The molecule has 1 aromatic heterocycles. The van der Waals surface area contributed by atoms with Gasteiger partial charge in [-0.25, -0.2) is 0 Å². The standard InChI is InChI=1S/C15H16N2O2/c1-11-5-6-14(18)13(8-11)15(19)17(2)10-12-4-3-7-16-9-12/h3-9,18H,10H2,1-2H3. The van der Waals surface area contributed by atoms with Crippen molar-refractivity contribution in [1.29, 1.82) is 0 Å². The zero-order chi connectivity index (χ0) is 13.8. The van der Waals surface area contributed by atoms with E-state index in [4.69, 9.17) is 0 Å². The molecule has 0 aliphatic rings. The van der Waals surface area contributed by atoms with Gasteiger partial charge in [0.25, 0.3) is 5.91 Å². The Morgan fingerprint density at radius 3 is 2.84 bits per heavy atom. The van der Waals surface area contributed by atoms with Gasteiger partial charge in [0.2, 0.25) is 0 Å². The number of aromatic hydroxyl groups is 1. The molecule has 0 aliphatic heterocycles. The Morgan fingerprint density at radius 1 is 1.37 bits per heavy atom. The number of carbonyl (C=O) groups is 1. The number of phenols is 1. The molecule has 1 amide bonds. The molecule has 0 spiro atoms. The zero-order valence-electron chi connectivity index (χ0n) is 11.0. The van der Waals surface area contributed by atoms with E-state index in [1.165, 1.54) is 0 Å². The monoisotopic (exact) mass is 256 g/mol. The molecule has 0 atom stereocenters. The summed E-state index contributed by atoms with van der Waals surface area (Å²) in [7, 11) is 1.71. The second kappa shape index (κ2) is 5.52. The summed E-state index contributed by atoms with van der Waals surface area (Å²) in [6.07, 6.45) is 3.41. The van der Waals surface area contributed by atoms with Crippen molar-refractivity contribution in [3.63, 3.8) is 0 Å². The Labute approximate surface area is 112 Å². The molecule has 98 valence electrons. The summed E-state index contributed by atoms with van der Waals surface area (Å²) in [5, 5.41) is 9.76. The van der Waals surface area contributed by atoms with Gasteiger partial charge in [-0.1, -0.05) is 17.7 Å². The summed E-state index contributed by atoms with van der Waals surface area (Å²) in [4.78, 5) is 17.8. The Hall–Kier alpha value is -2.36. The molecule has 1 heterocycles. The van der Waals surface area contributed by atoms with E-state index in [-0.39, 0.29) is 11.7 Å². The molecule has 0 aliphatic carbocycles. The van der Waals surface area contributed by atoms with E-state index in [0.717, 1.165) is 11.1 Å². The van der Waals surface area contributed by atoms with Gasteiger partial charge in [-0.15, -0.1) is 0 Å². The van der Waals surface area contributed by atoms with E-state index >= 15 is 0 Å². The molecule has 0 unspecified atom stereocenters. The van der Waals surface area contributed by atoms with Crippen molar-refractivity contribution in [3.05, 3.63) is 59.4 Å². The number of benzene rings is 1. The summed E-state index contributed by atoms with van der Waals surface area (Å²) in [6, 6.07) is 8.75. The lowest BCUT2D eigenvalue weighted by molar-refractivity contribution is 0.0782. The molecular weight excluding hydrogens is 240 g/mol. The summed E-state index contributed by atoms with van der Waals surface area (Å²) in [6.45, 7) is 2.34. The second-order valence-corrected chi connectivity index (χ2v) is 4.54. The maximum Gasteiger partial charge on any atom is 0.257 e. The summed E-state index contributed by atoms with van der Waals surface area (Å²) >= 11 is 0. The van der Waals surface area contributed by atoms with Crippen LogP contribution in [0.4, 0.5) is 0 Å². The second-order valence-electron chi connectivity index (χ2n) is 4.54. The van der Waals surface area contributed by atoms with Crippen LogP contribution >= 0.6 is 0 Å². The van der Waals surface area contributed by atoms with Gasteiger partial charge in [-0.3, -0.25) is 9.78 Å². The van der Waals surface area contributed by atoms with Gasteiger partial charge in [0.1, 0.15) is 5.75 Å². The van der Waals surface area contributed by atoms with Crippen molar-refractivity contribution in [2.24, 2.45) is 0 Å². The highest BCUT2D eigenvalue weighted by molar-refractivity contribution is 5.96. The van der Waals surface area contributed by atoms with Crippen LogP contribution in [0.1, 0.15) is 21.5 Å². The molecule has 0 saturated carbocycles. The number of pyridine rings is 1. The molecule has 2 rings (SSSR count). The first-order valence-corrected chi connectivity index (χ1v) is 6.02. The Morgan fingerprint density at radius 2 is 2.16 bits per heavy atom. The van der Waals surface area contributed by atoms with E-state index in [0.29, 0.717) is 12.1 Å². The number of hydrogen-bond donors (Lipinski definition) is 1. The van der Waals surface area contributed by atoms with E-state index in [1.54, 1.807) is 42.5 Å². The first-order valence-electron chi connectivity index (χ1n) is 6.02. The quantitative estimate of drug-likeness (QED) is 0.917. The van der Waals surface area contributed by atoms with Crippen molar-refractivity contribution in [3.8, 4) is 5.75 Å². The first kappa shape index (κ1) is 13.1. The highest BCUT2D eigenvalue weighted by Crippen LogP contribution is 2.20. The summed E-state index contributed by atoms with van der Waals surface area (Å²) < 4.78 is 0. The third-order valence-electron chi connectivity index (χ3n) is 2.87. The lowest BCUT2D eigenvalue weighted by Gasteiger charge is -2.18. The van der Waals surface area contributed by atoms with E-state index in [1.807, 2.05) is 19.1 Å². The fourth-order valence-corrected chi connectivity index (χ4v) is 1.86. The van der Waals surface area contributed by atoms with Crippen LogP contribution in [0.5, 0.6) is 5.75 Å². The Balaban J connectivity index is 2.17. The lowest BCUT2D eigenvalue weighted by Crippen LogP contribution is -2.26. The molecule has 0 saturated heterocycles. The van der Waals surface area contributed by atoms with Crippen LogP contribution in [0.25, 0.3) is 0 Å².